The molecule has 2 aromatic carbocycles. The van der Waals surface area contributed by atoms with Crippen LogP contribution in [0.3, 0.4) is 0 Å². The van der Waals surface area contributed by atoms with Crippen molar-refractivity contribution in [1.29, 1.82) is 5.26 Å². The Kier molecular flexibility index (Phi) is 3.70. The Morgan fingerprint density at radius 2 is 1.90 bits per heavy atom. The lowest BCUT2D eigenvalue weighted by Crippen LogP contribution is -1.85. The van der Waals surface area contributed by atoms with Crippen LogP contribution in [0.15, 0.2) is 47.8 Å². The summed E-state index contributed by atoms with van der Waals surface area (Å²) in [5, 5.41) is 11.5. The maximum absolute atomic E-state index is 13.9. The quantitative estimate of drug-likeness (QED) is 0.656. The first kappa shape index (κ1) is 13.7. The molecular weight excluding hydrogens is 307 g/mol. The maximum atomic E-state index is 13.9. The third-order valence-electron chi connectivity index (χ3n) is 2.99. The number of nitrogens with zero attached hydrogens (tertiary/aromatic N) is 2. The molecule has 1 heterocycles. The van der Waals surface area contributed by atoms with Gasteiger partial charge in [0.2, 0.25) is 0 Å². The third-order valence-corrected chi connectivity index (χ3v) is 4.17. The molecule has 1 aromatic heterocycles. The number of aromatic nitrogens is 1. The van der Waals surface area contributed by atoms with Gasteiger partial charge in [-0.2, -0.15) is 5.26 Å². The Labute approximate surface area is 130 Å². The normalized spacial score (nSPS) is 10.3. The fourth-order valence-electron chi connectivity index (χ4n) is 1.94. The molecule has 0 radical (unpaired) electrons. The molecule has 0 aliphatic carbocycles. The summed E-state index contributed by atoms with van der Waals surface area (Å²) in [6, 6.07) is 13.7. The van der Waals surface area contributed by atoms with Gasteiger partial charge in [0.15, 0.2) is 0 Å². The highest BCUT2D eigenvalue weighted by Gasteiger charge is 2.14. The molecule has 0 amide bonds. The van der Waals surface area contributed by atoms with E-state index in [0.717, 1.165) is 11.3 Å². The van der Waals surface area contributed by atoms with Crippen molar-refractivity contribution >= 4 is 22.9 Å². The summed E-state index contributed by atoms with van der Waals surface area (Å²) >= 11 is 7.38. The van der Waals surface area contributed by atoms with Crippen LogP contribution in [0.2, 0.25) is 5.02 Å². The number of nitriles is 1. The van der Waals surface area contributed by atoms with Gasteiger partial charge in [0.25, 0.3) is 0 Å². The van der Waals surface area contributed by atoms with Crippen molar-refractivity contribution in [3.8, 4) is 27.9 Å². The van der Waals surface area contributed by atoms with E-state index in [4.69, 9.17) is 16.9 Å². The Morgan fingerprint density at radius 3 is 2.57 bits per heavy atom. The van der Waals surface area contributed by atoms with Gasteiger partial charge in [-0.25, -0.2) is 9.37 Å². The Morgan fingerprint density at radius 1 is 1.14 bits per heavy atom. The zero-order valence-electron chi connectivity index (χ0n) is 10.7. The smallest absolute Gasteiger partial charge is 0.134 e. The maximum Gasteiger partial charge on any atom is 0.134 e. The molecular formula is C16H8ClFN2S. The number of thiazole rings is 1. The van der Waals surface area contributed by atoms with Gasteiger partial charge in [-0.3, -0.25) is 0 Å². The molecule has 0 aliphatic rings. The average Bonchev–Trinajstić information content (AvgIpc) is 2.97. The topological polar surface area (TPSA) is 36.7 Å². The predicted octanol–water partition coefficient (Wildman–Crippen LogP) is 5.14. The number of rotatable bonds is 2. The second-order valence-corrected chi connectivity index (χ2v) is 5.59. The summed E-state index contributed by atoms with van der Waals surface area (Å²) in [5.41, 5.74) is 2.53. The summed E-state index contributed by atoms with van der Waals surface area (Å²) in [7, 11) is 0. The van der Waals surface area contributed by atoms with Gasteiger partial charge in [0, 0.05) is 10.9 Å². The van der Waals surface area contributed by atoms with E-state index in [0.29, 0.717) is 21.2 Å². The van der Waals surface area contributed by atoms with E-state index in [1.165, 1.54) is 17.4 Å². The van der Waals surface area contributed by atoms with Crippen molar-refractivity contribution in [2.24, 2.45) is 0 Å². The summed E-state index contributed by atoms with van der Waals surface area (Å²) in [5.74, 6) is -0.386. The molecule has 0 spiro atoms. The molecule has 5 heteroatoms. The first-order valence-corrected chi connectivity index (χ1v) is 7.35. The fourth-order valence-corrected chi connectivity index (χ4v) is 3.14. The van der Waals surface area contributed by atoms with Gasteiger partial charge in [0.05, 0.1) is 27.9 Å². The van der Waals surface area contributed by atoms with Crippen LogP contribution >= 0.6 is 22.9 Å². The number of halogens is 2. The largest absolute Gasteiger partial charge is 0.236 e. The SMILES string of the molecule is N#Cc1ccc(-c2csc(-c3c(F)cccc3Cl)n2)cc1. The third kappa shape index (κ3) is 2.66. The molecule has 3 aromatic rings. The monoisotopic (exact) mass is 314 g/mol. The highest BCUT2D eigenvalue weighted by molar-refractivity contribution is 7.13. The van der Waals surface area contributed by atoms with Crippen molar-refractivity contribution in [3.63, 3.8) is 0 Å². The number of benzene rings is 2. The standard InChI is InChI=1S/C16H8ClFN2S/c17-12-2-1-3-13(18)15(12)16-20-14(9-21-16)11-6-4-10(8-19)5-7-11/h1-7,9H. The zero-order chi connectivity index (χ0) is 14.8. The van der Waals surface area contributed by atoms with E-state index in [-0.39, 0.29) is 5.82 Å². The van der Waals surface area contributed by atoms with Crippen molar-refractivity contribution in [2.45, 2.75) is 0 Å². The van der Waals surface area contributed by atoms with Gasteiger partial charge in [-0.15, -0.1) is 11.3 Å². The van der Waals surface area contributed by atoms with Gasteiger partial charge in [-0.1, -0.05) is 29.8 Å². The molecule has 102 valence electrons. The minimum Gasteiger partial charge on any atom is -0.236 e. The first-order chi connectivity index (χ1) is 10.2. The van der Waals surface area contributed by atoms with Crippen LogP contribution in [-0.2, 0) is 0 Å². The molecule has 0 fully saturated rings. The molecule has 0 bridgehead atoms. The molecule has 0 saturated carbocycles. The van der Waals surface area contributed by atoms with E-state index in [1.807, 2.05) is 17.5 Å². The molecule has 0 N–H and O–H groups in total. The zero-order valence-corrected chi connectivity index (χ0v) is 12.2. The predicted molar refractivity (Wildman–Crippen MR) is 82.7 cm³/mol. The van der Waals surface area contributed by atoms with Crippen LogP contribution in [0, 0.1) is 17.1 Å². The summed E-state index contributed by atoms with van der Waals surface area (Å²) < 4.78 is 13.9. The van der Waals surface area contributed by atoms with Crippen LogP contribution in [0.25, 0.3) is 21.8 Å². The highest BCUT2D eigenvalue weighted by Crippen LogP contribution is 2.34. The Bertz CT molecular complexity index is 814. The van der Waals surface area contributed by atoms with Gasteiger partial charge >= 0.3 is 0 Å². The van der Waals surface area contributed by atoms with E-state index >= 15 is 0 Å². The first-order valence-electron chi connectivity index (χ1n) is 6.09. The fraction of sp³-hybridized carbons (Fsp3) is 0. The van der Waals surface area contributed by atoms with Crippen LogP contribution in [0.5, 0.6) is 0 Å². The second kappa shape index (κ2) is 5.65. The minimum absolute atomic E-state index is 0.323. The lowest BCUT2D eigenvalue weighted by Gasteiger charge is -2.01. The van der Waals surface area contributed by atoms with E-state index in [2.05, 4.69) is 11.1 Å². The summed E-state index contributed by atoms with van der Waals surface area (Å²) in [4.78, 5) is 4.44. The average molecular weight is 315 g/mol. The van der Waals surface area contributed by atoms with Gasteiger partial charge in [-0.05, 0) is 24.3 Å². The molecule has 0 aliphatic heterocycles. The number of hydrogen-bond acceptors (Lipinski definition) is 3. The molecule has 0 unspecified atom stereocenters. The van der Waals surface area contributed by atoms with Crippen molar-refractivity contribution in [2.75, 3.05) is 0 Å². The molecule has 0 saturated heterocycles. The molecule has 3 rings (SSSR count). The van der Waals surface area contributed by atoms with Crippen molar-refractivity contribution in [1.82, 2.24) is 4.98 Å². The molecule has 21 heavy (non-hydrogen) atoms. The van der Waals surface area contributed by atoms with Crippen LogP contribution in [-0.4, -0.2) is 4.98 Å². The Balaban J connectivity index is 2.02. The Hall–Kier alpha value is -2.22. The van der Waals surface area contributed by atoms with Crippen LogP contribution < -0.4 is 0 Å². The molecule has 2 nitrogen and oxygen atoms in total. The second-order valence-electron chi connectivity index (χ2n) is 4.32. The summed E-state index contributed by atoms with van der Waals surface area (Å²) in [6.07, 6.45) is 0. The van der Waals surface area contributed by atoms with Gasteiger partial charge < -0.3 is 0 Å². The van der Waals surface area contributed by atoms with E-state index in [9.17, 15) is 4.39 Å². The lowest BCUT2D eigenvalue weighted by atomic mass is 10.1. The van der Waals surface area contributed by atoms with E-state index in [1.54, 1.807) is 24.3 Å². The van der Waals surface area contributed by atoms with Crippen molar-refractivity contribution < 1.29 is 4.39 Å². The highest BCUT2D eigenvalue weighted by atomic mass is 35.5. The van der Waals surface area contributed by atoms with Gasteiger partial charge in [0.1, 0.15) is 10.8 Å². The van der Waals surface area contributed by atoms with E-state index < -0.39 is 0 Å². The van der Waals surface area contributed by atoms with Crippen LogP contribution in [0.1, 0.15) is 5.56 Å². The minimum atomic E-state index is -0.386. The van der Waals surface area contributed by atoms with Crippen LogP contribution in [0.4, 0.5) is 4.39 Å². The lowest BCUT2D eigenvalue weighted by molar-refractivity contribution is 0.631. The molecule has 0 atom stereocenters. The number of hydrogen-bond donors (Lipinski definition) is 0. The summed E-state index contributed by atoms with van der Waals surface area (Å²) in [6.45, 7) is 0. The van der Waals surface area contributed by atoms with Crippen molar-refractivity contribution in [3.05, 3.63) is 64.2 Å².